The van der Waals surface area contributed by atoms with Gasteiger partial charge in [-0.15, -0.1) is 0 Å². The van der Waals surface area contributed by atoms with Gasteiger partial charge in [0.05, 0.1) is 5.92 Å². The molecule has 0 amide bonds. The molecule has 0 radical (unpaired) electrons. The van der Waals surface area contributed by atoms with Gasteiger partial charge >= 0.3 is 11.9 Å². The zero-order chi connectivity index (χ0) is 8.31. The molecule has 3 N–H and O–H groups in total. The van der Waals surface area contributed by atoms with Gasteiger partial charge in [-0.1, -0.05) is 0 Å². The number of aliphatic carboxylic acids is 2. The molecule has 0 aromatic heterocycles. The summed E-state index contributed by atoms with van der Waals surface area (Å²) in [6.07, 6.45) is -1.82. The van der Waals surface area contributed by atoms with E-state index < -0.39 is 24.0 Å². The van der Waals surface area contributed by atoms with E-state index in [9.17, 15) is 9.59 Å². The van der Waals surface area contributed by atoms with Crippen LogP contribution in [0.2, 0.25) is 0 Å². The monoisotopic (exact) mass is 148 g/mol. The molecule has 0 saturated heterocycles. The van der Waals surface area contributed by atoms with Gasteiger partial charge in [-0.05, 0) is 6.92 Å². The van der Waals surface area contributed by atoms with Crippen molar-refractivity contribution in [2.45, 2.75) is 13.0 Å². The summed E-state index contributed by atoms with van der Waals surface area (Å²) in [4.78, 5) is 20.0. The van der Waals surface area contributed by atoms with Gasteiger partial charge in [-0.2, -0.15) is 0 Å². The molecular weight excluding hydrogens is 140 g/mol. The van der Waals surface area contributed by atoms with Crippen LogP contribution < -0.4 is 0 Å². The van der Waals surface area contributed by atoms with Crippen LogP contribution in [0.3, 0.4) is 0 Å². The predicted molar refractivity (Wildman–Crippen MR) is 30.4 cm³/mol. The maximum Gasteiger partial charge on any atom is 0.333 e. The highest BCUT2D eigenvalue weighted by molar-refractivity contribution is 5.81. The number of hydrogen-bond donors (Lipinski definition) is 3. The fourth-order valence-electron chi connectivity index (χ4n) is 0.349. The Morgan fingerprint density at radius 2 is 1.60 bits per heavy atom. The van der Waals surface area contributed by atoms with E-state index in [0.717, 1.165) is 6.92 Å². The molecule has 0 heterocycles. The van der Waals surface area contributed by atoms with Crippen LogP contribution in [0.1, 0.15) is 6.92 Å². The van der Waals surface area contributed by atoms with Crippen molar-refractivity contribution in [1.82, 2.24) is 0 Å². The predicted octanol–water partition coefficient (Wildman–Crippen LogP) is -0.847. The van der Waals surface area contributed by atoms with Crippen LogP contribution in [0.4, 0.5) is 0 Å². The third kappa shape index (κ3) is 2.02. The first kappa shape index (κ1) is 8.90. The highest BCUT2D eigenvalue weighted by Crippen LogP contribution is 2.01. The molecule has 1 unspecified atom stereocenters. The standard InChI is InChI=1S/C5H8O5/c1-2(4(7)8)3(6)5(9)10/h2-3,6H,1H3,(H,7,8)(H,9,10)/t2?,3-/m1/s1. The molecule has 5 heteroatoms. The average molecular weight is 148 g/mol. The van der Waals surface area contributed by atoms with E-state index in [-0.39, 0.29) is 0 Å². The van der Waals surface area contributed by atoms with Gasteiger partial charge in [0.25, 0.3) is 0 Å². The van der Waals surface area contributed by atoms with Crippen molar-refractivity contribution in [2.75, 3.05) is 0 Å². The Labute approximate surface area is 56.9 Å². The Kier molecular flexibility index (Phi) is 2.82. The lowest BCUT2D eigenvalue weighted by Crippen LogP contribution is -2.32. The van der Waals surface area contributed by atoms with Crippen molar-refractivity contribution in [3.8, 4) is 0 Å². The van der Waals surface area contributed by atoms with Crippen molar-refractivity contribution < 1.29 is 24.9 Å². The van der Waals surface area contributed by atoms with Crippen molar-refractivity contribution in [1.29, 1.82) is 0 Å². The highest BCUT2D eigenvalue weighted by atomic mass is 16.4. The summed E-state index contributed by atoms with van der Waals surface area (Å²) in [5.74, 6) is -4.11. The number of carboxylic acids is 2. The summed E-state index contributed by atoms with van der Waals surface area (Å²) in [6, 6.07) is 0. The first-order valence-corrected chi connectivity index (χ1v) is 2.60. The molecule has 10 heavy (non-hydrogen) atoms. The van der Waals surface area contributed by atoms with Gasteiger partial charge in [0.2, 0.25) is 0 Å². The van der Waals surface area contributed by atoms with Crippen LogP contribution in [0.25, 0.3) is 0 Å². The summed E-state index contributed by atoms with van der Waals surface area (Å²) in [5.41, 5.74) is 0. The Morgan fingerprint density at radius 3 is 1.70 bits per heavy atom. The lowest BCUT2D eigenvalue weighted by Gasteiger charge is -2.08. The van der Waals surface area contributed by atoms with E-state index in [4.69, 9.17) is 15.3 Å². The third-order valence-electron chi connectivity index (χ3n) is 1.12. The molecule has 0 aliphatic carbocycles. The molecule has 2 atom stereocenters. The number of aliphatic hydroxyl groups excluding tert-OH is 1. The molecule has 58 valence electrons. The minimum absolute atomic E-state index is 1.13. The van der Waals surface area contributed by atoms with E-state index in [1.165, 1.54) is 0 Å². The zero-order valence-corrected chi connectivity index (χ0v) is 5.31. The summed E-state index contributed by atoms with van der Waals surface area (Å²) < 4.78 is 0. The molecule has 0 aromatic rings. The lowest BCUT2D eigenvalue weighted by atomic mass is 10.1. The number of hydrogen-bond acceptors (Lipinski definition) is 3. The molecule has 0 aliphatic heterocycles. The Balaban J connectivity index is 4.07. The molecular formula is C5H8O5. The van der Waals surface area contributed by atoms with E-state index in [1.807, 2.05) is 0 Å². The Hall–Kier alpha value is -1.10. The van der Waals surface area contributed by atoms with Crippen LogP contribution in [0, 0.1) is 5.92 Å². The molecule has 5 nitrogen and oxygen atoms in total. The van der Waals surface area contributed by atoms with Crippen LogP contribution >= 0.6 is 0 Å². The Morgan fingerprint density at radius 1 is 1.20 bits per heavy atom. The first-order valence-electron chi connectivity index (χ1n) is 2.60. The molecule has 0 rings (SSSR count). The molecule has 0 spiro atoms. The van der Waals surface area contributed by atoms with Gasteiger partial charge in [-0.3, -0.25) is 4.79 Å². The van der Waals surface area contributed by atoms with Gasteiger partial charge in [0.1, 0.15) is 0 Å². The number of carbonyl (C=O) groups is 2. The largest absolute Gasteiger partial charge is 0.481 e. The number of carboxylic acid groups (broad SMARTS) is 2. The normalized spacial score (nSPS) is 15.8. The van der Waals surface area contributed by atoms with Crippen LogP contribution in [-0.4, -0.2) is 33.4 Å². The van der Waals surface area contributed by atoms with E-state index >= 15 is 0 Å². The number of rotatable bonds is 3. The van der Waals surface area contributed by atoms with Crippen molar-refractivity contribution in [2.24, 2.45) is 5.92 Å². The fraction of sp³-hybridized carbons (Fsp3) is 0.600. The maximum absolute atomic E-state index is 10.0. The maximum atomic E-state index is 10.0. The topological polar surface area (TPSA) is 94.8 Å². The summed E-state index contributed by atoms with van der Waals surface area (Å²) in [7, 11) is 0. The highest BCUT2D eigenvalue weighted by Gasteiger charge is 2.26. The van der Waals surface area contributed by atoms with Gasteiger partial charge in [0, 0.05) is 0 Å². The van der Waals surface area contributed by atoms with Gasteiger partial charge in [0.15, 0.2) is 6.10 Å². The second kappa shape index (κ2) is 3.17. The quantitative estimate of drug-likeness (QED) is 0.484. The summed E-state index contributed by atoms with van der Waals surface area (Å²) in [5, 5.41) is 24.9. The van der Waals surface area contributed by atoms with Gasteiger partial charge < -0.3 is 15.3 Å². The zero-order valence-electron chi connectivity index (χ0n) is 5.31. The first-order chi connectivity index (χ1) is 4.46. The SMILES string of the molecule is CC(C(=O)O)[C@@H](O)C(=O)O. The second-order valence-corrected chi connectivity index (χ2v) is 1.91. The minimum Gasteiger partial charge on any atom is -0.481 e. The van der Waals surface area contributed by atoms with Crippen molar-refractivity contribution in [3.63, 3.8) is 0 Å². The van der Waals surface area contributed by atoms with Crippen LogP contribution in [-0.2, 0) is 9.59 Å². The Bertz CT molecular complexity index is 134. The average Bonchev–Trinajstić information content (AvgIpc) is 1.84. The lowest BCUT2D eigenvalue weighted by molar-refractivity contribution is -0.158. The summed E-state index contributed by atoms with van der Waals surface area (Å²) in [6.45, 7) is 1.13. The van der Waals surface area contributed by atoms with Crippen LogP contribution in [0.5, 0.6) is 0 Å². The molecule has 0 fully saturated rings. The van der Waals surface area contributed by atoms with Crippen molar-refractivity contribution in [3.05, 3.63) is 0 Å². The van der Waals surface area contributed by atoms with E-state index in [1.54, 1.807) is 0 Å². The summed E-state index contributed by atoms with van der Waals surface area (Å²) >= 11 is 0. The molecule has 0 aromatic carbocycles. The molecule has 0 saturated carbocycles. The minimum atomic E-state index is -1.82. The van der Waals surface area contributed by atoms with Crippen LogP contribution in [0.15, 0.2) is 0 Å². The van der Waals surface area contributed by atoms with E-state index in [0.29, 0.717) is 0 Å². The van der Waals surface area contributed by atoms with E-state index in [2.05, 4.69) is 0 Å². The smallest absolute Gasteiger partial charge is 0.333 e. The van der Waals surface area contributed by atoms with Crippen molar-refractivity contribution >= 4 is 11.9 Å². The molecule has 0 aliphatic rings. The fourth-order valence-corrected chi connectivity index (χ4v) is 0.349. The molecule has 0 bridgehead atoms. The number of aliphatic hydroxyl groups is 1. The third-order valence-corrected chi connectivity index (χ3v) is 1.12. The second-order valence-electron chi connectivity index (χ2n) is 1.91. The van der Waals surface area contributed by atoms with Gasteiger partial charge in [-0.25, -0.2) is 4.79 Å².